The summed E-state index contributed by atoms with van der Waals surface area (Å²) < 4.78 is 54.4. The molecule has 0 radical (unpaired) electrons. The molecule has 8 heteroatoms. The Bertz CT molecular complexity index is 1160. The van der Waals surface area contributed by atoms with Gasteiger partial charge in [0.2, 0.25) is 0 Å². The molecule has 3 rings (SSSR count). The van der Waals surface area contributed by atoms with Crippen molar-refractivity contribution in [2.24, 2.45) is 0 Å². The molecule has 0 aliphatic heterocycles. The number of aryl methyl sites for hydroxylation is 2. The van der Waals surface area contributed by atoms with Crippen molar-refractivity contribution in [1.29, 1.82) is 0 Å². The number of sulfonamides is 1. The monoisotopic (exact) mass is 417 g/mol. The summed E-state index contributed by atoms with van der Waals surface area (Å²) >= 11 is 0. The number of halogens is 2. The number of carbonyl (C=O) groups is 1. The minimum atomic E-state index is -4.25. The van der Waals surface area contributed by atoms with E-state index in [9.17, 15) is 22.0 Å². The molecule has 0 fully saturated rings. The third kappa shape index (κ3) is 4.97. The van der Waals surface area contributed by atoms with Crippen LogP contribution in [0.1, 0.15) is 21.5 Å². The van der Waals surface area contributed by atoms with Gasteiger partial charge in [-0.05, 0) is 54.3 Å². The number of carboxylic acid groups (broad SMARTS) is 1. The maximum Gasteiger partial charge on any atom is 0.335 e. The molecule has 2 N–H and O–H groups in total. The number of hydrogen-bond acceptors (Lipinski definition) is 3. The lowest BCUT2D eigenvalue weighted by atomic mass is 10.0. The second-order valence-corrected chi connectivity index (χ2v) is 7.99. The summed E-state index contributed by atoms with van der Waals surface area (Å²) in [6.07, 6.45) is 0.901. The topological polar surface area (TPSA) is 83.5 Å². The molecule has 0 atom stereocenters. The Morgan fingerprint density at radius 3 is 2.41 bits per heavy atom. The Labute approximate surface area is 166 Å². The number of aromatic carboxylic acids is 1. The van der Waals surface area contributed by atoms with E-state index in [0.29, 0.717) is 24.5 Å². The fourth-order valence-corrected chi connectivity index (χ4v) is 4.03. The molecule has 0 amide bonds. The molecule has 3 aromatic rings. The van der Waals surface area contributed by atoms with Crippen molar-refractivity contribution in [3.05, 3.63) is 95.1 Å². The van der Waals surface area contributed by atoms with Crippen molar-refractivity contribution < 1.29 is 27.1 Å². The SMILES string of the molecule is O=C(O)c1cccc(CCc2ccccc2NS(=O)(=O)c2ccc(F)cc2F)c1. The summed E-state index contributed by atoms with van der Waals surface area (Å²) in [7, 11) is -4.25. The first-order valence-electron chi connectivity index (χ1n) is 8.64. The van der Waals surface area contributed by atoms with Crippen LogP contribution in [0.5, 0.6) is 0 Å². The van der Waals surface area contributed by atoms with Gasteiger partial charge < -0.3 is 5.11 Å². The summed E-state index contributed by atoms with van der Waals surface area (Å²) in [5, 5.41) is 9.08. The van der Waals surface area contributed by atoms with Gasteiger partial charge in [0.15, 0.2) is 0 Å². The minimum absolute atomic E-state index is 0.170. The highest BCUT2D eigenvalue weighted by Gasteiger charge is 2.20. The van der Waals surface area contributed by atoms with Gasteiger partial charge in [0.25, 0.3) is 10.0 Å². The van der Waals surface area contributed by atoms with Crippen molar-refractivity contribution in [2.45, 2.75) is 17.7 Å². The number of benzene rings is 3. The predicted molar refractivity (Wildman–Crippen MR) is 104 cm³/mol. The molecular formula is C21H17F2NO4S. The first-order chi connectivity index (χ1) is 13.8. The molecule has 5 nitrogen and oxygen atoms in total. The van der Waals surface area contributed by atoms with Crippen molar-refractivity contribution in [1.82, 2.24) is 0 Å². The lowest BCUT2D eigenvalue weighted by molar-refractivity contribution is 0.0696. The van der Waals surface area contributed by atoms with Crippen LogP contribution in [0.3, 0.4) is 0 Å². The van der Waals surface area contributed by atoms with Gasteiger partial charge in [0, 0.05) is 6.07 Å². The van der Waals surface area contributed by atoms with E-state index in [4.69, 9.17) is 5.11 Å². The Hall–Kier alpha value is -3.26. The highest BCUT2D eigenvalue weighted by molar-refractivity contribution is 7.92. The van der Waals surface area contributed by atoms with Crippen LogP contribution in [0, 0.1) is 11.6 Å². The van der Waals surface area contributed by atoms with E-state index in [1.54, 1.807) is 42.5 Å². The summed E-state index contributed by atoms with van der Waals surface area (Å²) in [4.78, 5) is 10.4. The zero-order valence-electron chi connectivity index (χ0n) is 15.1. The van der Waals surface area contributed by atoms with Crippen molar-refractivity contribution in [3.8, 4) is 0 Å². The van der Waals surface area contributed by atoms with Crippen LogP contribution in [0.4, 0.5) is 14.5 Å². The second kappa shape index (κ2) is 8.40. The quantitative estimate of drug-likeness (QED) is 0.602. The third-order valence-corrected chi connectivity index (χ3v) is 5.70. The van der Waals surface area contributed by atoms with E-state index in [0.717, 1.165) is 17.7 Å². The van der Waals surface area contributed by atoms with Crippen LogP contribution < -0.4 is 4.72 Å². The number of anilines is 1. The van der Waals surface area contributed by atoms with Gasteiger partial charge in [-0.2, -0.15) is 0 Å². The highest BCUT2D eigenvalue weighted by Crippen LogP contribution is 2.23. The van der Waals surface area contributed by atoms with Crippen LogP contribution in [0.15, 0.2) is 71.6 Å². The van der Waals surface area contributed by atoms with Gasteiger partial charge in [-0.1, -0.05) is 30.3 Å². The molecule has 0 aliphatic carbocycles. The Kier molecular flexibility index (Phi) is 5.93. The minimum Gasteiger partial charge on any atom is -0.478 e. The molecule has 0 heterocycles. The Balaban J connectivity index is 1.82. The standard InChI is InChI=1S/C21H17F2NO4S/c22-17-10-11-20(18(23)13-17)29(27,28)24-19-7-2-1-5-15(19)9-8-14-4-3-6-16(12-14)21(25)26/h1-7,10-13,24H,8-9H2,(H,25,26). The van der Waals surface area contributed by atoms with Gasteiger partial charge in [-0.3, -0.25) is 4.72 Å². The zero-order chi connectivity index (χ0) is 21.0. The lowest BCUT2D eigenvalue weighted by Gasteiger charge is -2.13. The average molecular weight is 417 g/mol. The van der Waals surface area contributed by atoms with Crippen LogP contribution in [-0.2, 0) is 22.9 Å². The average Bonchev–Trinajstić information content (AvgIpc) is 2.67. The van der Waals surface area contributed by atoms with Crippen molar-refractivity contribution in [3.63, 3.8) is 0 Å². The van der Waals surface area contributed by atoms with Gasteiger partial charge in [-0.25, -0.2) is 22.0 Å². The number of para-hydroxylation sites is 1. The first-order valence-corrected chi connectivity index (χ1v) is 10.1. The Morgan fingerprint density at radius 2 is 1.69 bits per heavy atom. The molecule has 0 bridgehead atoms. The molecule has 0 aromatic heterocycles. The normalized spacial score (nSPS) is 11.2. The predicted octanol–water partition coefficient (Wildman–Crippen LogP) is 4.25. The van der Waals surface area contributed by atoms with E-state index in [2.05, 4.69) is 4.72 Å². The van der Waals surface area contributed by atoms with E-state index in [1.807, 2.05) is 0 Å². The molecule has 3 aromatic carbocycles. The van der Waals surface area contributed by atoms with Gasteiger partial charge in [0.05, 0.1) is 11.3 Å². The molecular weight excluding hydrogens is 400 g/mol. The number of nitrogens with one attached hydrogen (secondary N) is 1. The molecule has 0 unspecified atom stereocenters. The van der Waals surface area contributed by atoms with Crippen LogP contribution in [0.2, 0.25) is 0 Å². The molecule has 0 saturated heterocycles. The van der Waals surface area contributed by atoms with Crippen molar-refractivity contribution in [2.75, 3.05) is 4.72 Å². The fourth-order valence-electron chi connectivity index (χ4n) is 2.87. The molecule has 0 saturated carbocycles. The second-order valence-electron chi connectivity index (χ2n) is 6.34. The smallest absolute Gasteiger partial charge is 0.335 e. The zero-order valence-corrected chi connectivity index (χ0v) is 15.9. The molecule has 29 heavy (non-hydrogen) atoms. The Morgan fingerprint density at radius 1 is 0.931 bits per heavy atom. The van der Waals surface area contributed by atoms with Crippen LogP contribution in [-0.4, -0.2) is 19.5 Å². The van der Waals surface area contributed by atoms with Crippen molar-refractivity contribution >= 4 is 21.7 Å². The molecule has 0 aliphatic rings. The van der Waals surface area contributed by atoms with E-state index < -0.39 is 32.5 Å². The third-order valence-electron chi connectivity index (χ3n) is 4.30. The van der Waals surface area contributed by atoms with Gasteiger partial charge in [0.1, 0.15) is 16.5 Å². The van der Waals surface area contributed by atoms with Crippen LogP contribution in [0.25, 0.3) is 0 Å². The summed E-state index contributed by atoms with van der Waals surface area (Å²) in [6, 6.07) is 15.4. The summed E-state index contributed by atoms with van der Waals surface area (Å²) in [6.45, 7) is 0. The highest BCUT2D eigenvalue weighted by atomic mass is 32.2. The number of carboxylic acids is 1. The van der Waals surface area contributed by atoms with E-state index in [1.165, 1.54) is 6.07 Å². The molecule has 150 valence electrons. The van der Waals surface area contributed by atoms with Crippen LogP contribution >= 0.6 is 0 Å². The summed E-state index contributed by atoms with van der Waals surface area (Å²) in [5.41, 5.74) is 1.88. The van der Waals surface area contributed by atoms with Gasteiger partial charge >= 0.3 is 5.97 Å². The maximum absolute atomic E-state index is 13.9. The van der Waals surface area contributed by atoms with E-state index in [-0.39, 0.29) is 11.3 Å². The first kappa shape index (κ1) is 20.5. The van der Waals surface area contributed by atoms with E-state index >= 15 is 0 Å². The number of hydrogen-bond donors (Lipinski definition) is 2. The van der Waals surface area contributed by atoms with Gasteiger partial charge in [-0.15, -0.1) is 0 Å². The maximum atomic E-state index is 13.9. The molecule has 0 spiro atoms. The number of rotatable bonds is 7. The lowest BCUT2D eigenvalue weighted by Crippen LogP contribution is -2.16. The summed E-state index contributed by atoms with van der Waals surface area (Å²) in [5.74, 6) is -3.08. The largest absolute Gasteiger partial charge is 0.478 e. The fraction of sp³-hybridized carbons (Fsp3) is 0.0952.